The number of carboxylic acid groups (broad SMARTS) is 1. The molecule has 1 unspecified atom stereocenters. The van der Waals surface area contributed by atoms with Crippen LogP contribution >= 0.6 is 0 Å². The van der Waals surface area contributed by atoms with Crippen molar-refractivity contribution in [2.45, 2.75) is 26.3 Å². The van der Waals surface area contributed by atoms with Gasteiger partial charge in [-0.25, -0.2) is 0 Å². The Labute approximate surface area is 60.0 Å². The van der Waals surface area contributed by atoms with E-state index in [1.165, 1.54) is 0 Å². The van der Waals surface area contributed by atoms with E-state index in [0.29, 0.717) is 13.0 Å². The predicted octanol–water partition coefficient (Wildman–Crippen LogP) is 0.561. The van der Waals surface area contributed by atoms with Crippen LogP contribution in [-0.2, 0) is 4.79 Å². The van der Waals surface area contributed by atoms with E-state index in [4.69, 9.17) is 10.3 Å². The van der Waals surface area contributed by atoms with Gasteiger partial charge in [0.25, 0.3) is 0 Å². The number of nitrogens with zero attached hydrogens (tertiary/aromatic N) is 1. The Morgan fingerprint density at radius 1 is 1.60 bits per heavy atom. The number of hydrogen-bond donors (Lipinski definition) is 2. The molecule has 0 aromatic rings. The first-order valence-corrected chi connectivity index (χ1v) is 2.90. The molecule has 60 valence electrons. The molecule has 0 spiro atoms. The van der Waals surface area contributed by atoms with E-state index in [9.17, 15) is 4.79 Å². The van der Waals surface area contributed by atoms with Crippen molar-refractivity contribution in [1.29, 1.82) is 0 Å². The summed E-state index contributed by atoms with van der Waals surface area (Å²) in [5.41, 5.74) is 0. The molecule has 4 heteroatoms. The molecule has 0 aromatic carbocycles. The molecule has 1 fully saturated rings. The van der Waals surface area contributed by atoms with Crippen LogP contribution in [0.15, 0.2) is 0 Å². The molecule has 10 heavy (non-hydrogen) atoms. The van der Waals surface area contributed by atoms with Crippen LogP contribution in [0.2, 0.25) is 0 Å². The monoisotopic (exact) mass is 147 g/mol. The Kier molecular flexibility index (Phi) is 3.32. The summed E-state index contributed by atoms with van der Waals surface area (Å²) in [6, 6.07) is -0.662. The van der Waals surface area contributed by atoms with E-state index in [1.54, 1.807) is 0 Å². The van der Waals surface area contributed by atoms with Gasteiger partial charge in [0, 0.05) is 6.54 Å². The highest BCUT2D eigenvalue weighted by Gasteiger charge is 2.28. The minimum Gasteiger partial charge on any atom is -0.480 e. The fourth-order valence-corrected chi connectivity index (χ4v) is 1.00. The van der Waals surface area contributed by atoms with Crippen LogP contribution in [0, 0.1) is 0 Å². The molecule has 0 aliphatic carbocycles. The molecule has 0 aromatic heterocycles. The Hall–Kier alpha value is -0.610. The Bertz CT molecular complexity index is 126. The molecule has 1 saturated heterocycles. The van der Waals surface area contributed by atoms with Crippen molar-refractivity contribution in [3.8, 4) is 0 Å². The zero-order chi connectivity index (χ0) is 6.85. The SMILES string of the molecule is C.O=C(O)C1CCCN1O. The highest BCUT2D eigenvalue weighted by Crippen LogP contribution is 2.13. The van der Waals surface area contributed by atoms with Gasteiger partial charge in [-0.15, -0.1) is 0 Å². The average molecular weight is 147 g/mol. The zero-order valence-electron chi connectivity index (χ0n) is 4.95. The lowest BCUT2D eigenvalue weighted by Crippen LogP contribution is -2.32. The van der Waals surface area contributed by atoms with Crippen molar-refractivity contribution in [3.05, 3.63) is 0 Å². The lowest BCUT2D eigenvalue weighted by atomic mass is 10.2. The Morgan fingerprint density at radius 2 is 2.20 bits per heavy atom. The number of carbonyl (C=O) groups is 1. The summed E-state index contributed by atoms with van der Waals surface area (Å²) in [6.45, 7) is 0.483. The number of rotatable bonds is 1. The summed E-state index contributed by atoms with van der Waals surface area (Å²) in [6.07, 6.45) is 1.33. The summed E-state index contributed by atoms with van der Waals surface area (Å²) in [5.74, 6) is -0.935. The second-order valence-electron chi connectivity index (χ2n) is 2.16. The lowest BCUT2D eigenvalue weighted by molar-refractivity contribution is -0.160. The van der Waals surface area contributed by atoms with Gasteiger partial charge >= 0.3 is 5.97 Å². The maximum Gasteiger partial charge on any atom is 0.323 e. The predicted molar refractivity (Wildman–Crippen MR) is 35.9 cm³/mol. The molecule has 0 bridgehead atoms. The number of aliphatic carboxylic acids is 1. The van der Waals surface area contributed by atoms with Crippen LogP contribution < -0.4 is 0 Å². The van der Waals surface area contributed by atoms with Gasteiger partial charge in [0.05, 0.1) is 0 Å². The van der Waals surface area contributed by atoms with Gasteiger partial charge in [-0.05, 0) is 12.8 Å². The number of hydrogen-bond acceptors (Lipinski definition) is 3. The van der Waals surface area contributed by atoms with Gasteiger partial charge in [-0.2, -0.15) is 5.06 Å². The van der Waals surface area contributed by atoms with Gasteiger partial charge in [-0.1, -0.05) is 7.43 Å². The molecule has 1 rings (SSSR count). The van der Waals surface area contributed by atoms with Crippen molar-refractivity contribution in [2.75, 3.05) is 6.54 Å². The zero-order valence-corrected chi connectivity index (χ0v) is 4.95. The van der Waals surface area contributed by atoms with E-state index in [-0.39, 0.29) is 7.43 Å². The normalized spacial score (nSPS) is 25.9. The van der Waals surface area contributed by atoms with Crippen molar-refractivity contribution in [1.82, 2.24) is 5.06 Å². The first-order valence-electron chi connectivity index (χ1n) is 2.90. The lowest BCUT2D eigenvalue weighted by Gasteiger charge is -2.11. The molecule has 0 amide bonds. The summed E-state index contributed by atoms with van der Waals surface area (Å²) in [7, 11) is 0. The van der Waals surface area contributed by atoms with Crippen molar-refractivity contribution in [2.24, 2.45) is 0 Å². The second kappa shape index (κ2) is 3.53. The average Bonchev–Trinajstić information content (AvgIpc) is 2.13. The van der Waals surface area contributed by atoms with Crippen LogP contribution in [0.5, 0.6) is 0 Å². The van der Waals surface area contributed by atoms with Crippen molar-refractivity contribution >= 4 is 5.97 Å². The molecule has 1 aliphatic rings. The quantitative estimate of drug-likeness (QED) is 0.569. The van der Waals surface area contributed by atoms with E-state index in [2.05, 4.69) is 0 Å². The molecular formula is C6H13NO3. The van der Waals surface area contributed by atoms with Crippen LogP contribution in [0.3, 0.4) is 0 Å². The maximum atomic E-state index is 10.2. The van der Waals surface area contributed by atoms with Gasteiger partial charge in [-0.3, -0.25) is 4.79 Å². The molecule has 2 N–H and O–H groups in total. The van der Waals surface area contributed by atoms with E-state index < -0.39 is 12.0 Å². The van der Waals surface area contributed by atoms with Crippen LogP contribution in [0.1, 0.15) is 20.3 Å². The Morgan fingerprint density at radius 3 is 2.40 bits per heavy atom. The third kappa shape index (κ3) is 1.68. The molecule has 1 aliphatic heterocycles. The van der Waals surface area contributed by atoms with Crippen molar-refractivity contribution in [3.63, 3.8) is 0 Å². The number of hydroxylamine groups is 2. The van der Waals surface area contributed by atoms with E-state index >= 15 is 0 Å². The summed E-state index contributed by atoms with van der Waals surface area (Å²) < 4.78 is 0. The molecule has 4 nitrogen and oxygen atoms in total. The number of carboxylic acids is 1. The highest BCUT2D eigenvalue weighted by atomic mass is 16.5. The van der Waals surface area contributed by atoms with Gasteiger partial charge in [0.2, 0.25) is 0 Å². The van der Waals surface area contributed by atoms with E-state index in [1.807, 2.05) is 0 Å². The summed E-state index contributed by atoms with van der Waals surface area (Å²) in [4.78, 5) is 10.2. The van der Waals surface area contributed by atoms with Gasteiger partial charge < -0.3 is 10.3 Å². The Balaban J connectivity index is 0.000000810. The van der Waals surface area contributed by atoms with Crippen LogP contribution in [0.4, 0.5) is 0 Å². The minimum absolute atomic E-state index is 0. The first kappa shape index (κ1) is 9.39. The van der Waals surface area contributed by atoms with Gasteiger partial charge in [0.1, 0.15) is 6.04 Å². The fraction of sp³-hybridized carbons (Fsp3) is 0.833. The molecule has 0 saturated carbocycles. The molecular weight excluding hydrogens is 134 g/mol. The van der Waals surface area contributed by atoms with Crippen molar-refractivity contribution < 1.29 is 15.1 Å². The minimum atomic E-state index is -0.935. The third-order valence-electron chi connectivity index (χ3n) is 1.51. The van der Waals surface area contributed by atoms with Gasteiger partial charge in [0.15, 0.2) is 0 Å². The van der Waals surface area contributed by atoms with Crippen LogP contribution in [-0.4, -0.2) is 33.9 Å². The second-order valence-corrected chi connectivity index (χ2v) is 2.16. The molecule has 1 heterocycles. The first-order chi connectivity index (χ1) is 4.22. The smallest absolute Gasteiger partial charge is 0.323 e. The fourth-order valence-electron chi connectivity index (χ4n) is 1.00. The molecule has 1 atom stereocenters. The van der Waals surface area contributed by atoms with Crippen LogP contribution in [0.25, 0.3) is 0 Å². The highest BCUT2D eigenvalue weighted by molar-refractivity contribution is 5.73. The maximum absolute atomic E-state index is 10.2. The largest absolute Gasteiger partial charge is 0.480 e. The summed E-state index contributed by atoms with van der Waals surface area (Å²) in [5, 5.41) is 18.1. The summed E-state index contributed by atoms with van der Waals surface area (Å²) >= 11 is 0. The standard InChI is InChI=1S/C5H9NO3.CH4/c7-5(8)4-2-1-3-6(4)9;/h4,9H,1-3H2,(H,7,8);1H4. The van der Waals surface area contributed by atoms with E-state index in [0.717, 1.165) is 11.5 Å². The third-order valence-corrected chi connectivity index (χ3v) is 1.51. The molecule has 0 radical (unpaired) electrons. The topological polar surface area (TPSA) is 60.8 Å².